The molecule has 1 aliphatic rings. The van der Waals surface area contributed by atoms with Gasteiger partial charge in [-0.15, -0.1) is 0 Å². The molecule has 0 bridgehead atoms. The monoisotopic (exact) mass is 361 g/mol. The molecule has 4 atom stereocenters. The van der Waals surface area contributed by atoms with Crippen LogP contribution in [0.4, 0.5) is 0 Å². The maximum atomic E-state index is 11.6. The molecule has 1 heterocycles. The minimum Gasteiger partial charge on any atom is -0.460 e. The Balaban J connectivity index is 0.000000535. The molecule has 0 spiro atoms. The summed E-state index contributed by atoms with van der Waals surface area (Å²) in [5, 5.41) is 22.3. The first kappa shape index (κ1) is 24.3. The Hall–Kier alpha value is -0.730. The smallest absolute Gasteiger partial charge is 0.307 e. The third-order valence-electron chi connectivity index (χ3n) is 4.94. The molecule has 7 heteroatoms. The predicted octanol–water partition coefficient (Wildman–Crippen LogP) is 0.370. The van der Waals surface area contributed by atoms with Gasteiger partial charge in [-0.25, -0.2) is 0 Å². The van der Waals surface area contributed by atoms with Gasteiger partial charge in [-0.3, -0.25) is 4.79 Å². The first-order valence-corrected chi connectivity index (χ1v) is 9.02. The number of esters is 1. The van der Waals surface area contributed by atoms with Gasteiger partial charge in [-0.2, -0.15) is 0 Å². The van der Waals surface area contributed by atoms with E-state index in [4.69, 9.17) is 16.2 Å². The SMILES string of the molecule is CC(C)(C)OC(=O)CC(C)(CN)C(O)CN.CCC1(C)CNCC1O. The minimum absolute atomic E-state index is 0.0686. The van der Waals surface area contributed by atoms with Crippen molar-refractivity contribution >= 4 is 5.97 Å². The second kappa shape index (κ2) is 9.83. The van der Waals surface area contributed by atoms with E-state index >= 15 is 0 Å². The standard InChI is InChI=1S/C11H24N2O3.C7H15NO/c1-10(2,3)16-9(15)5-11(4,7-13)8(14)6-12;1-3-7(2)5-8-4-6(7)9/h8,14H,5-7,12-13H2,1-4H3;6,8-9H,3-5H2,1-2H3. The lowest BCUT2D eigenvalue weighted by Gasteiger charge is -2.32. The summed E-state index contributed by atoms with van der Waals surface area (Å²) in [6.07, 6.45) is 0.188. The lowest BCUT2D eigenvalue weighted by atomic mass is 9.81. The lowest BCUT2D eigenvalue weighted by Crippen LogP contribution is -2.45. The van der Waals surface area contributed by atoms with Crippen LogP contribution in [-0.2, 0) is 9.53 Å². The highest BCUT2D eigenvalue weighted by Gasteiger charge is 2.36. The zero-order valence-corrected chi connectivity index (χ0v) is 16.8. The number of carbonyl (C=O) groups is 1. The van der Waals surface area contributed by atoms with Crippen LogP contribution in [-0.4, -0.2) is 60.2 Å². The molecule has 1 saturated heterocycles. The molecular formula is C18H39N3O4. The molecule has 0 aromatic carbocycles. The van der Waals surface area contributed by atoms with Gasteiger partial charge in [0.05, 0.1) is 18.6 Å². The normalized spacial score (nSPS) is 27.0. The summed E-state index contributed by atoms with van der Waals surface area (Å²) in [6, 6.07) is 0. The molecule has 0 aromatic heterocycles. The number of aliphatic hydroxyl groups excluding tert-OH is 2. The number of nitrogens with one attached hydrogen (secondary N) is 1. The van der Waals surface area contributed by atoms with Crippen LogP contribution in [0.3, 0.4) is 0 Å². The lowest BCUT2D eigenvalue weighted by molar-refractivity contribution is -0.159. The van der Waals surface area contributed by atoms with Crippen molar-refractivity contribution in [2.24, 2.45) is 22.3 Å². The van der Waals surface area contributed by atoms with Crippen LogP contribution in [0.15, 0.2) is 0 Å². The molecule has 7 N–H and O–H groups in total. The summed E-state index contributed by atoms with van der Waals surface area (Å²) < 4.78 is 5.18. The largest absolute Gasteiger partial charge is 0.460 e. The molecule has 4 unspecified atom stereocenters. The van der Waals surface area contributed by atoms with Crippen molar-refractivity contribution in [3.63, 3.8) is 0 Å². The van der Waals surface area contributed by atoms with Gasteiger partial charge in [-0.05, 0) is 27.2 Å². The Labute approximate surface area is 152 Å². The van der Waals surface area contributed by atoms with Gasteiger partial charge in [0.15, 0.2) is 0 Å². The van der Waals surface area contributed by atoms with E-state index < -0.39 is 17.1 Å². The topological polar surface area (TPSA) is 131 Å². The fourth-order valence-corrected chi connectivity index (χ4v) is 2.54. The molecule has 25 heavy (non-hydrogen) atoms. The molecule has 1 aliphatic heterocycles. The zero-order valence-electron chi connectivity index (χ0n) is 16.8. The van der Waals surface area contributed by atoms with E-state index in [0.29, 0.717) is 0 Å². The van der Waals surface area contributed by atoms with Gasteiger partial charge in [0.25, 0.3) is 0 Å². The number of hydrogen-bond acceptors (Lipinski definition) is 7. The molecule has 1 fully saturated rings. The van der Waals surface area contributed by atoms with Crippen LogP contribution in [0.25, 0.3) is 0 Å². The quantitative estimate of drug-likeness (QED) is 0.432. The average molecular weight is 362 g/mol. The van der Waals surface area contributed by atoms with Crippen molar-refractivity contribution in [1.82, 2.24) is 5.32 Å². The Morgan fingerprint density at radius 1 is 1.36 bits per heavy atom. The molecule has 0 aromatic rings. The molecular weight excluding hydrogens is 322 g/mol. The van der Waals surface area contributed by atoms with E-state index in [1.807, 2.05) is 0 Å². The van der Waals surface area contributed by atoms with E-state index in [-0.39, 0.29) is 37.0 Å². The van der Waals surface area contributed by atoms with Gasteiger partial charge in [0.2, 0.25) is 0 Å². The number of nitrogens with two attached hydrogens (primary N) is 2. The summed E-state index contributed by atoms with van der Waals surface area (Å²) in [7, 11) is 0. The second-order valence-corrected chi connectivity index (χ2v) is 8.53. The summed E-state index contributed by atoms with van der Waals surface area (Å²) in [5.41, 5.74) is 9.84. The number of ether oxygens (including phenoxy) is 1. The average Bonchev–Trinajstić information content (AvgIpc) is 2.85. The van der Waals surface area contributed by atoms with E-state index in [1.54, 1.807) is 27.7 Å². The molecule has 0 saturated carbocycles. The summed E-state index contributed by atoms with van der Waals surface area (Å²) in [4.78, 5) is 11.6. The number of rotatable bonds is 6. The minimum atomic E-state index is -0.801. The van der Waals surface area contributed by atoms with Gasteiger partial charge >= 0.3 is 5.97 Å². The number of aliphatic hydroxyl groups is 2. The van der Waals surface area contributed by atoms with Crippen molar-refractivity contribution in [1.29, 1.82) is 0 Å². The predicted molar refractivity (Wildman–Crippen MR) is 100.0 cm³/mol. The Morgan fingerprint density at radius 3 is 2.20 bits per heavy atom. The summed E-state index contributed by atoms with van der Waals surface area (Å²) in [6.45, 7) is 13.4. The van der Waals surface area contributed by atoms with Gasteiger partial charge in [-0.1, -0.05) is 20.8 Å². The number of β-amino-alcohol motifs (C(OH)–C–C–N with tert-alkyl or cyclic N) is 1. The van der Waals surface area contributed by atoms with E-state index in [0.717, 1.165) is 19.5 Å². The third-order valence-corrected chi connectivity index (χ3v) is 4.94. The Morgan fingerprint density at radius 2 is 1.92 bits per heavy atom. The van der Waals surface area contributed by atoms with Crippen LogP contribution >= 0.6 is 0 Å². The first-order valence-electron chi connectivity index (χ1n) is 9.02. The van der Waals surface area contributed by atoms with Crippen molar-refractivity contribution < 1.29 is 19.7 Å². The van der Waals surface area contributed by atoms with Crippen LogP contribution in [0.5, 0.6) is 0 Å². The summed E-state index contributed by atoms with van der Waals surface area (Å²) in [5.74, 6) is -0.368. The summed E-state index contributed by atoms with van der Waals surface area (Å²) >= 11 is 0. The molecule has 7 nitrogen and oxygen atoms in total. The van der Waals surface area contributed by atoms with E-state index in [1.165, 1.54) is 0 Å². The molecule has 1 rings (SSSR count). The van der Waals surface area contributed by atoms with Gasteiger partial charge in [0, 0.05) is 37.0 Å². The zero-order chi connectivity index (χ0) is 19.9. The van der Waals surface area contributed by atoms with Crippen molar-refractivity contribution in [3.05, 3.63) is 0 Å². The molecule has 0 amide bonds. The highest BCUT2D eigenvalue weighted by atomic mass is 16.6. The van der Waals surface area contributed by atoms with Gasteiger partial charge in [0.1, 0.15) is 5.60 Å². The highest BCUT2D eigenvalue weighted by Crippen LogP contribution is 2.28. The van der Waals surface area contributed by atoms with E-state index in [2.05, 4.69) is 19.2 Å². The third kappa shape index (κ3) is 8.00. The molecule has 0 aliphatic carbocycles. The fourth-order valence-electron chi connectivity index (χ4n) is 2.54. The number of hydrogen-bond donors (Lipinski definition) is 5. The molecule has 0 radical (unpaired) electrons. The molecule has 150 valence electrons. The van der Waals surface area contributed by atoms with Crippen molar-refractivity contribution in [2.45, 2.75) is 72.2 Å². The van der Waals surface area contributed by atoms with Gasteiger partial charge < -0.3 is 31.7 Å². The van der Waals surface area contributed by atoms with Crippen LogP contribution < -0.4 is 16.8 Å². The van der Waals surface area contributed by atoms with Crippen LogP contribution in [0.1, 0.15) is 54.4 Å². The van der Waals surface area contributed by atoms with Crippen molar-refractivity contribution in [2.75, 3.05) is 26.2 Å². The fraction of sp³-hybridized carbons (Fsp3) is 0.944. The van der Waals surface area contributed by atoms with Crippen LogP contribution in [0, 0.1) is 10.8 Å². The second-order valence-electron chi connectivity index (χ2n) is 8.53. The van der Waals surface area contributed by atoms with Crippen LogP contribution in [0.2, 0.25) is 0 Å². The maximum Gasteiger partial charge on any atom is 0.307 e. The highest BCUT2D eigenvalue weighted by molar-refractivity contribution is 5.70. The van der Waals surface area contributed by atoms with E-state index in [9.17, 15) is 15.0 Å². The Kier molecular flexibility index (Phi) is 9.54. The number of carbonyl (C=O) groups excluding carboxylic acids is 1. The first-order chi connectivity index (χ1) is 11.3. The van der Waals surface area contributed by atoms with Crippen molar-refractivity contribution in [3.8, 4) is 0 Å². The maximum absolute atomic E-state index is 11.6. The Bertz CT molecular complexity index is 414.